The van der Waals surface area contributed by atoms with Crippen LogP contribution in [0.1, 0.15) is 38.3 Å². The summed E-state index contributed by atoms with van der Waals surface area (Å²) in [7, 11) is -7.95. The van der Waals surface area contributed by atoms with Gasteiger partial charge in [-0.05, 0) is 51.0 Å². The maximum Gasteiger partial charge on any atom is 0.286 e. The Kier molecular flexibility index (Phi) is 5.89. The molecule has 2 aromatic rings. The number of nitrogens with one attached hydrogen (secondary N) is 2. The second-order valence-corrected chi connectivity index (χ2v) is 12.4. The van der Waals surface area contributed by atoms with E-state index >= 15 is 0 Å². The zero-order chi connectivity index (χ0) is 25.8. The van der Waals surface area contributed by atoms with Crippen molar-refractivity contribution in [1.82, 2.24) is 0 Å². The van der Waals surface area contributed by atoms with Crippen LogP contribution < -0.4 is 10.0 Å². The summed E-state index contributed by atoms with van der Waals surface area (Å²) in [6, 6.07) is 10.9. The van der Waals surface area contributed by atoms with Crippen molar-refractivity contribution >= 4 is 48.8 Å². The number of hydrogen-bond acceptors (Lipinski definition) is 7. The molecule has 184 valence electrons. The van der Waals surface area contributed by atoms with Gasteiger partial charge in [0.25, 0.3) is 10.0 Å². The van der Waals surface area contributed by atoms with Crippen LogP contribution in [0.25, 0.3) is 5.76 Å². The number of carbonyl (C=O) groups excluding carboxylic acids is 1. The van der Waals surface area contributed by atoms with Gasteiger partial charge in [-0.3, -0.25) is 9.52 Å². The molecule has 1 aliphatic carbocycles. The summed E-state index contributed by atoms with van der Waals surface area (Å²) in [4.78, 5) is 13.6. The van der Waals surface area contributed by atoms with Crippen LogP contribution in [0.4, 0.5) is 11.4 Å². The maximum absolute atomic E-state index is 13.8. The van der Waals surface area contributed by atoms with Gasteiger partial charge in [0.1, 0.15) is 16.2 Å². The lowest BCUT2D eigenvalue weighted by atomic mass is 9.67. The third-order valence-corrected chi connectivity index (χ3v) is 7.85. The number of Topliss-reactive ketones (excluding diaryl/α,β-unsaturated/α-hetero) is 1. The minimum atomic E-state index is -4.32. The highest BCUT2D eigenvalue weighted by molar-refractivity contribution is 7.92. The second-order valence-electron chi connectivity index (χ2n) is 9.04. The summed E-state index contributed by atoms with van der Waals surface area (Å²) >= 11 is 0. The van der Waals surface area contributed by atoms with Crippen molar-refractivity contribution in [1.29, 1.82) is 0 Å². The first-order chi connectivity index (χ1) is 16.2. The summed E-state index contributed by atoms with van der Waals surface area (Å²) in [5.41, 5.74) is 0.946. The van der Waals surface area contributed by atoms with Gasteiger partial charge >= 0.3 is 0 Å². The minimum Gasteiger partial charge on any atom is -0.506 e. The molecule has 0 aromatic heterocycles. The highest BCUT2D eigenvalue weighted by Crippen LogP contribution is 2.43. The Morgan fingerprint density at radius 2 is 1.89 bits per heavy atom. The van der Waals surface area contributed by atoms with E-state index < -0.39 is 31.2 Å². The minimum absolute atomic E-state index is 0.0503. The fourth-order valence-electron chi connectivity index (χ4n) is 4.19. The van der Waals surface area contributed by atoms with Crippen LogP contribution >= 0.6 is 0 Å². The highest BCUT2D eigenvalue weighted by atomic mass is 32.2. The molecule has 0 spiro atoms. The molecule has 0 bridgehead atoms. The molecule has 35 heavy (non-hydrogen) atoms. The summed E-state index contributed by atoms with van der Waals surface area (Å²) in [6.07, 6.45) is 3.22. The standard InChI is InChI=1S/C24H25N3O6S2/c1-14(2)11-12-24(3)17-8-6-5-7-16(17)21(28)20(22(24)29)23-25-18-10-9-15(26-34(4,30)31)13-19(18)35(32,33)27-23/h5-11,13,26,28H,12H2,1-4H3,(H,25,27). The van der Waals surface area contributed by atoms with E-state index in [0.717, 1.165) is 17.9 Å². The predicted octanol–water partition coefficient (Wildman–Crippen LogP) is 3.74. The van der Waals surface area contributed by atoms with E-state index in [0.29, 0.717) is 17.5 Å². The van der Waals surface area contributed by atoms with Gasteiger partial charge in [0, 0.05) is 11.3 Å². The number of sulfonamides is 2. The zero-order valence-corrected chi connectivity index (χ0v) is 21.2. The molecule has 9 nitrogen and oxygen atoms in total. The normalized spacial score (nSPS) is 20.8. The third-order valence-electron chi connectivity index (χ3n) is 5.92. The molecule has 2 aromatic carbocycles. The molecular weight excluding hydrogens is 490 g/mol. The summed E-state index contributed by atoms with van der Waals surface area (Å²) in [5.74, 6) is -1.12. The molecular formula is C24H25N3O6S2. The molecule has 11 heteroatoms. The first-order valence-electron chi connectivity index (χ1n) is 10.7. The van der Waals surface area contributed by atoms with Gasteiger partial charge in [0.2, 0.25) is 10.0 Å². The van der Waals surface area contributed by atoms with E-state index in [1.54, 1.807) is 31.2 Å². The first kappa shape index (κ1) is 24.7. The number of aliphatic hydroxyl groups is 1. The lowest BCUT2D eigenvalue weighted by molar-refractivity contribution is -0.120. The van der Waals surface area contributed by atoms with Crippen molar-refractivity contribution < 1.29 is 26.7 Å². The quantitative estimate of drug-likeness (QED) is 0.515. The van der Waals surface area contributed by atoms with E-state index in [1.807, 2.05) is 19.9 Å². The zero-order valence-electron chi connectivity index (χ0n) is 19.6. The lowest BCUT2D eigenvalue weighted by Crippen LogP contribution is -2.42. The first-order valence-corrected chi connectivity index (χ1v) is 14.0. The van der Waals surface area contributed by atoms with Gasteiger partial charge in [0.15, 0.2) is 11.6 Å². The van der Waals surface area contributed by atoms with Crippen LogP contribution in [0.5, 0.6) is 0 Å². The van der Waals surface area contributed by atoms with Crippen LogP contribution in [-0.4, -0.2) is 39.8 Å². The molecule has 0 amide bonds. The Morgan fingerprint density at radius 3 is 2.54 bits per heavy atom. The monoisotopic (exact) mass is 515 g/mol. The molecule has 0 radical (unpaired) electrons. The van der Waals surface area contributed by atoms with Gasteiger partial charge in [-0.25, -0.2) is 8.42 Å². The lowest BCUT2D eigenvalue weighted by Gasteiger charge is -2.35. The van der Waals surface area contributed by atoms with E-state index in [2.05, 4.69) is 14.4 Å². The number of ketones is 1. The number of aliphatic hydroxyl groups excluding tert-OH is 1. The summed E-state index contributed by atoms with van der Waals surface area (Å²) in [5, 5.41) is 13.9. The largest absolute Gasteiger partial charge is 0.506 e. The van der Waals surface area contributed by atoms with E-state index in [1.165, 1.54) is 12.1 Å². The molecule has 2 aliphatic rings. The van der Waals surface area contributed by atoms with Gasteiger partial charge in [0.05, 0.1) is 17.4 Å². The highest BCUT2D eigenvalue weighted by Gasteiger charge is 2.46. The van der Waals surface area contributed by atoms with E-state index in [-0.39, 0.29) is 33.4 Å². The van der Waals surface area contributed by atoms with Gasteiger partial charge in [-0.1, -0.05) is 35.9 Å². The Bertz CT molecular complexity index is 1570. The molecule has 1 atom stereocenters. The molecule has 4 rings (SSSR count). The van der Waals surface area contributed by atoms with Crippen molar-refractivity contribution in [3.8, 4) is 0 Å². The average Bonchev–Trinajstić information content (AvgIpc) is 2.76. The van der Waals surface area contributed by atoms with Crippen LogP contribution in [0, 0.1) is 0 Å². The fraction of sp³-hybridized carbons (Fsp3) is 0.250. The molecule has 1 aliphatic heterocycles. The van der Waals surface area contributed by atoms with Gasteiger partial charge in [-0.2, -0.15) is 8.42 Å². The Hall–Kier alpha value is -3.44. The second kappa shape index (κ2) is 8.35. The van der Waals surface area contributed by atoms with Gasteiger partial charge in [-0.15, -0.1) is 4.40 Å². The van der Waals surface area contributed by atoms with Crippen molar-refractivity contribution in [3.05, 3.63) is 70.8 Å². The van der Waals surface area contributed by atoms with Crippen molar-refractivity contribution in [3.63, 3.8) is 0 Å². The maximum atomic E-state index is 13.8. The van der Waals surface area contributed by atoms with Crippen molar-refractivity contribution in [2.45, 2.75) is 37.5 Å². The van der Waals surface area contributed by atoms with Crippen LogP contribution in [0.2, 0.25) is 0 Å². The number of anilines is 2. The smallest absolute Gasteiger partial charge is 0.286 e. The van der Waals surface area contributed by atoms with E-state index in [4.69, 9.17) is 0 Å². The number of carbonyl (C=O) groups is 1. The molecule has 3 N–H and O–H groups in total. The van der Waals surface area contributed by atoms with E-state index in [9.17, 15) is 26.7 Å². The average molecular weight is 516 g/mol. The fourth-order valence-corrected chi connectivity index (χ4v) is 5.89. The molecule has 1 heterocycles. The topological polar surface area (TPSA) is 142 Å². The van der Waals surface area contributed by atoms with Crippen LogP contribution in [0.15, 0.2) is 69.0 Å². The number of fused-ring (bicyclic) bond motifs is 2. The Labute approximate surface area is 204 Å². The molecule has 1 unspecified atom stereocenters. The van der Waals surface area contributed by atoms with Crippen LogP contribution in [0.3, 0.4) is 0 Å². The predicted molar refractivity (Wildman–Crippen MR) is 136 cm³/mol. The van der Waals surface area contributed by atoms with Crippen molar-refractivity contribution in [2.75, 3.05) is 16.3 Å². The summed E-state index contributed by atoms with van der Waals surface area (Å²) in [6.45, 7) is 5.59. The van der Waals surface area contributed by atoms with Gasteiger partial charge < -0.3 is 10.4 Å². The van der Waals surface area contributed by atoms with Crippen molar-refractivity contribution in [2.24, 2.45) is 4.40 Å². The Balaban J connectivity index is 1.86. The molecule has 0 fully saturated rings. The summed E-state index contributed by atoms with van der Waals surface area (Å²) < 4.78 is 55.2. The van der Waals surface area contributed by atoms with Crippen LogP contribution in [-0.2, 0) is 30.3 Å². The SMILES string of the molecule is CC(C)=CCC1(C)C(=O)C(C2=NS(=O)(=O)c3cc(NS(C)(=O)=O)ccc3N2)=C(O)c2ccccc21. The molecule has 0 saturated carbocycles. The number of hydrogen-bond donors (Lipinski definition) is 3. The number of nitrogens with zero attached hydrogens (tertiary/aromatic N) is 1. The number of benzene rings is 2. The number of rotatable bonds is 5. The molecule has 0 saturated heterocycles. The number of amidine groups is 1. The number of allylic oxidation sites excluding steroid dienone is 2. The Morgan fingerprint density at radius 1 is 1.20 bits per heavy atom. The third kappa shape index (κ3) is 4.48.